The molecule has 5 N–H and O–H groups in total. The van der Waals surface area contributed by atoms with Crippen LogP contribution in [0.15, 0.2) is 29.2 Å². The predicted molar refractivity (Wildman–Crippen MR) is 108 cm³/mol. The monoisotopic (exact) mass is 397 g/mol. The summed E-state index contributed by atoms with van der Waals surface area (Å²) in [5.41, 5.74) is 12.3. The van der Waals surface area contributed by atoms with Crippen molar-refractivity contribution in [3.8, 4) is 0 Å². The van der Waals surface area contributed by atoms with Crippen molar-refractivity contribution < 1.29 is 9.59 Å². The number of benzene rings is 1. The van der Waals surface area contributed by atoms with E-state index < -0.39 is 0 Å². The molecule has 0 heterocycles. The molecule has 0 spiro atoms. The van der Waals surface area contributed by atoms with E-state index in [2.05, 4.69) is 5.32 Å². The number of fused-ring (bicyclic) bond motifs is 2. The summed E-state index contributed by atoms with van der Waals surface area (Å²) in [7, 11) is 0. The summed E-state index contributed by atoms with van der Waals surface area (Å²) in [4.78, 5) is 24.7. The Bertz CT molecular complexity index is 629. The molecule has 1 aromatic rings. The Kier molecular flexibility index (Phi) is 7.80. The lowest BCUT2D eigenvalue weighted by molar-refractivity contribution is -0.122. The SMILES string of the molecule is Cl.NC(=O)CCSc1ccccc1NC(=O)C1CC2CCCC(C1)C2N. The van der Waals surface area contributed by atoms with Crippen LogP contribution in [0.4, 0.5) is 5.69 Å². The zero-order valence-corrected chi connectivity index (χ0v) is 16.5. The highest BCUT2D eigenvalue weighted by atomic mass is 35.5. The predicted octanol–water partition coefficient (Wildman–Crippen LogP) is 3.17. The van der Waals surface area contributed by atoms with Crippen molar-refractivity contribution in [2.45, 2.75) is 49.5 Å². The van der Waals surface area contributed by atoms with Gasteiger partial charge >= 0.3 is 0 Å². The Morgan fingerprint density at radius 3 is 2.46 bits per heavy atom. The van der Waals surface area contributed by atoms with Crippen LogP contribution < -0.4 is 16.8 Å². The number of hydrogen-bond donors (Lipinski definition) is 3. The van der Waals surface area contributed by atoms with Gasteiger partial charge in [-0.05, 0) is 49.7 Å². The third-order valence-electron chi connectivity index (χ3n) is 5.53. The maximum absolute atomic E-state index is 12.8. The highest BCUT2D eigenvalue weighted by Gasteiger charge is 2.40. The van der Waals surface area contributed by atoms with Gasteiger partial charge in [-0.15, -0.1) is 24.2 Å². The van der Waals surface area contributed by atoms with Crippen molar-refractivity contribution in [3.63, 3.8) is 0 Å². The van der Waals surface area contributed by atoms with E-state index in [1.54, 1.807) is 11.8 Å². The second-order valence-corrected chi connectivity index (χ2v) is 8.38. The highest BCUT2D eigenvalue weighted by Crippen LogP contribution is 2.42. The Hall–Kier alpha value is -1.24. The van der Waals surface area contributed by atoms with Gasteiger partial charge in [0.25, 0.3) is 0 Å². The number of para-hydroxylation sites is 1. The second kappa shape index (κ2) is 9.62. The fourth-order valence-electron chi connectivity index (χ4n) is 4.20. The Balaban J connectivity index is 0.00000243. The van der Waals surface area contributed by atoms with Gasteiger partial charge in [0.1, 0.15) is 0 Å². The Morgan fingerprint density at radius 1 is 1.15 bits per heavy atom. The van der Waals surface area contributed by atoms with E-state index in [1.165, 1.54) is 6.42 Å². The van der Waals surface area contributed by atoms with Crippen molar-refractivity contribution in [1.82, 2.24) is 0 Å². The maximum atomic E-state index is 12.8. The van der Waals surface area contributed by atoms with Gasteiger partial charge in [-0.3, -0.25) is 9.59 Å². The number of rotatable bonds is 6. The molecule has 2 amide bonds. The largest absolute Gasteiger partial charge is 0.370 e. The molecule has 7 heteroatoms. The summed E-state index contributed by atoms with van der Waals surface area (Å²) in [5, 5.41) is 3.11. The first-order chi connectivity index (χ1) is 12.0. The van der Waals surface area contributed by atoms with Crippen LogP contribution in [0, 0.1) is 17.8 Å². The van der Waals surface area contributed by atoms with Crippen LogP contribution >= 0.6 is 24.2 Å². The summed E-state index contributed by atoms with van der Waals surface area (Å²) in [5.74, 6) is 1.45. The first kappa shape index (κ1) is 21.1. The van der Waals surface area contributed by atoms with E-state index in [4.69, 9.17) is 11.5 Å². The summed E-state index contributed by atoms with van der Waals surface area (Å²) in [6.07, 6.45) is 5.69. The van der Waals surface area contributed by atoms with Crippen molar-refractivity contribution in [1.29, 1.82) is 0 Å². The molecule has 2 saturated carbocycles. The number of primary amides is 1. The number of carbonyl (C=O) groups excluding carboxylic acids is 2. The molecular formula is C19H28ClN3O2S. The number of thioether (sulfide) groups is 1. The quantitative estimate of drug-likeness (QED) is 0.642. The minimum Gasteiger partial charge on any atom is -0.370 e. The highest BCUT2D eigenvalue weighted by molar-refractivity contribution is 7.99. The van der Waals surface area contributed by atoms with Crippen molar-refractivity contribution in [2.75, 3.05) is 11.1 Å². The van der Waals surface area contributed by atoms with Crippen LogP contribution in [0.3, 0.4) is 0 Å². The molecule has 26 heavy (non-hydrogen) atoms. The van der Waals surface area contributed by atoms with Gasteiger partial charge in [-0.2, -0.15) is 0 Å². The molecule has 5 nitrogen and oxygen atoms in total. The second-order valence-electron chi connectivity index (χ2n) is 7.25. The molecule has 144 valence electrons. The number of carbonyl (C=O) groups is 2. The van der Waals surface area contributed by atoms with E-state index >= 15 is 0 Å². The molecule has 1 aromatic carbocycles. The standard InChI is InChI=1S/C19H27N3O2S.ClH/c20-17(23)8-9-25-16-7-2-1-6-15(16)22-19(24)14-10-12-4-3-5-13(11-14)18(12)21;/h1-2,6-7,12-14,18H,3-5,8-11,21H2,(H2,20,23)(H,22,24);1H. The van der Waals surface area contributed by atoms with Crippen LogP contribution in [0.5, 0.6) is 0 Å². The van der Waals surface area contributed by atoms with Crippen LogP contribution in [-0.4, -0.2) is 23.6 Å². The van der Waals surface area contributed by atoms with Gasteiger partial charge in [0.15, 0.2) is 0 Å². The van der Waals surface area contributed by atoms with Crippen LogP contribution in [0.2, 0.25) is 0 Å². The number of amides is 2. The number of hydrogen-bond acceptors (Lipinski definition) is 4. The Labute approximate surface area is 165 Å². The van der Waals surface area contributed by atoms with Crippen molar-refractivity contribution in [3.05, 3.63) is 24.3 Å². The van der Waals surface area contributed by atoms with Gasteiger partial charge in [0.05, 0.1) is 5.69 Å². The van der Waals surface area contributed by atoms with E-state index in [9.17, 15) is 9.59 Å². The summed E-state index contributed by atoms with van der Waals surface area (Å²) >= 11 is 1.55. The molecule has 3 rings (SSSR count). The number of nitrogens with one attached hydrogen (secondary N) is 1. The topological polar surface area (TPSA) is 98.2 Å². The van der Waals surface area contributed by atoms with Gasteiger partial charge in [0, 0.05) is 29.0 Å². The molecular weight excluding hydrogens is 370 g/mol. The van der Waals surface area contributed by atoms with E-state index in [0.717, 1.165) is 36.3 Å². The van der Waals surface area contributed by atoms with Crippen LogP contribution in [-0.2, 0) is 9.59 Å². The molecule has 0 aromatic heterocycles. The van der Waals surface area contributed by atoms with Gasteiger partial charge in [-0.25, -0.2) is 0 Å². The molecule has 0 aliphatic heterocycles. The van der Waals surface area contributed by atoms with Crippen molar-refractivity contribution in [2.24, 2.45) is 29.2 Å². The third-order valence-corrected chi connectivity index (χ3v) is 6.61. The fraction of sp³-hybridized carbons (Fsp3) is 0.579. The molecule has 2 bridgehead atoms. The molecule has 0 saturated heterocycles. The maximum Gasteiger partial charge on any atom is 0.227 e. The molecule has 0 radical (unpaired) electrons. The lowest BCUT2D eigenvalue weighted by Crippen LogP contribution is -2.48. The summed E-state index contributed by atoms with van der Waals surface area (Å²) in [6.45, 7) is 0. The van der Waals surface area contributed by atoms with Crippen molar-refractivity contribution >= 4 is 41.7 Å². The van der Waals surface area contributed by atoms with E-state index in [0.29, 0.717) is 24.0 Å². The molecule has 2 aliphatic carbocycles. The van der Waals surface area contributed by atoms with Gasteiger partial charge < -0.3 is 16.8 Å². The first-order valence-electron chi connectivity index (χ1n) is 9.11. The molecule has 2 aliphatic rings. The summed E-state index contributed by atoms with van der Waals surface area (Å²) in [6, 6.07) is 8.01. The van der Waals surface area contributed by atoms with Gasteiger partial charge in [0.2, 0.25) is 11.8 Å². The minimum absolute atomic E-state index is 0. The van der Waals surface area contributed by atoms with Crippen LogP contribution in [0.1, 0.15) is 38.5 Å². The zero-order chi connectivity index (χ0) is 17.8. The average Bonchev–Trinajstić information content (AvgIpc) is 2.55. The zero-order valence-electron chi connectivity index (χ0n) is 14.9. The van der Waals surface area contributed by atoms with Gasteiger partial charge in [-0.1, -0.05) is 18.6 Å². The number of anilines is 1. The van der Waals surface area contributed by atoms with E-state index in [1.807, 2.05) is 24.3 Å². The normalized spacial score (nSPS) is 27.3. The Morgan fingerprint density at radius 2 is 1.81 bits per heavy atom. The third kappa shape index (κ3) is 5.15. The number of nitrogens with two attached hydrogens (primary N) is 2. The fourth-order valence-corrected chi connectivity index (χ4v) is 5.17. The average molecular weight is 398 g/mol. The molecule has 2 atom stereocenters. The first-order valence-corrected chi connectivity index (χ1v) is 10.1. The minimum atomic E-state index is -0.306. The van der Waals surface area contributed by atoms with E-state index in [-0.39, 0.29) is 36.2 Å². The molecule has 2 unspecified atom stereocenters. The molecule has 2 fully saturated rings. The lowest BCUT2D eigenvalue weighted by atomic mass is 9.65. The smallest absolute Gasteiger partial charge is 0.227 e. The summed E-state index contributed by atoms with van der Waals surface area (Å²) < 4.78 is 0. The number of halogens is 1. The lowest BCUT2D eigenvalue weighted by Gasteiger charge is -2.43. The van der Waals surface area contributed by atoms with Crippen LogP contribution in [0.25, 0.3) is 0 Å².